The number of nitrogens with zero attached hydrogens (tertiary/aromatic N) is 1. The lowest BCUT2D eigenvalue weighted by atomic mass is 10.1. The molecule has 5 atom stereocenters. The minimum atomic E-state index is -1.45. The molecule has 0 spiro atoms. The molecule has 1 aliphatic rings. The molecule has 11 nitrogen and oxygen atoms in total. The van der Waals surface area contributed by atoms with Crippen molar-refractivity contribution >= 4 is 27.9 Å². The molecule has 2 heterocycles. The lowest BCUT2D eigenvalue weighted by Crippen LogP contribution is -2.41. The minimum absolute atomic E-state index is 0.145. The van der Waals surface area contributed by atoms with Crippen LogP contribution in [0.25, 0.3) is 0 Å². The number of aliphatic hydroxyl groups excluding tert-OH is 1. The van der Waals surface area contributed by atoms with Crippen molar-refractivity contribution < 1.29 is 33.6 Å². The van der Waals surface area contributed by atoms with E-state index in [4.69, 9.17) is 18.9 Å². The van der Waals surface area contributed by atoms with Gasteiger partial charge in [-0.15, -0.1) is 0 Å². The number of alkyl halides is 1. The molecule has 162 valence electrons. The summed E-state index contributed by atoms with van der Waals surface area (Å²) >= 11 is 3.25. The Hall–Kier alpha value is -2.02. The monoisotopic (exact) mass is 478 g/mol. The summed E-state index contributed by atoms with van der Waals surface area (Å²) in [7, 11) is 0. The summed E-state index contributed by atoms with van der Waals surface area (Å²) in [6.45, 7) is 4.13. The first kappa shape index (κ1) is 23.3. The third-order valence-corrected chi connectivity index (χ3v) is 4.77. The summed E-state index contributed by atoms with van der Waals surface area (Å²) in [5.74, 6) is -1.27. The lowest BCUT2D eigenvalue weighted by Gasteiger charge is -2.21. The first-order chi connectivity index (χ1) is 13.7. The maximum Gasteiger partial charge on any atom is 0.330 e. The van der Waals surface area contributed by atoms with Gasteiger partial charge in [0.05, 0.1) is 11.7 Å². The van der Waals surface area contributed by atoms with E-state index < -0.39 is 53.8 Å². The Labute approximate surface area is 174 Å². The molecule has 29 heavy (non-hydrogen) atoms. The summed E-state index contributed by atoms with van der Waals surface area (Å²) in [6.07, 6.45) is -4.35. The van der Waals surface area contributed by atoms with Crippen molar-refractivity contribution in [2.45, 2.75) is 51.4 Å². The number of H-pyrrole nitrogens is 1. The van der Waals surface area contributed by atoms with E-state index in [1.807, 2.05) is 0 Å². The topological polar surface area (TPSA) is 146 Å². The zero-order valence-corrected chi connectivity index (χ0v) is 17.7. The Morgan fingerprint density at radius 1 is 1.34 bits per heavy atom. The first-order valence-corrected chi connectivity index (χ1v) is 9.98. The third kappa shape index (κ3) is 5.53. The van der Waals surface area contributed by atoms with E-state index in [-0.39, 0.29) is 12.2 Å². The van der Waals surface area contributed by atoms with Gasteiger partial charge in [-0.2, -0.15) is 0 Å². The Kier molecular flexibility index (Phi) is 8.14. The van der Waals surface area contributed by atoms with E-state index in [1.54, 1.807) is 6.92 Å². The van der Waals surface area contributed by atoms with Crippen LogP contribution < -0.4 is 11.2 Å². The second kappa shape index (κ2) is 10.1. The molecule has 1 unspecified atom stereocenters. The van der Waals surface area contributed by atoms with Crippen LogP contribution in [0.3, 0.4) is 0 Å². The number of aromatic amines is 1. The van der Waals surface area contributed by atoms with Gasteiger partial charge >= 0.3 is 17.6 Å². The molecule has 12 heteroatoms. The van der Waals surface area contributed by atoms with Gasteiger partial charge in [0.2, 0.25) is 0 Å². The van der Waals surface area contributed by atoms with E-state index in [2.05, 4.69) is 20.9 Å². The minimum Gasteiger partial charge on any atom is -0.463 e. The number of hydrogen-bond acceptors (Lipinski definition) is 9. The van der Waals surface area contributed by atoms with Crippen LogP contribution in [-0.4, -0.2) is 63.5 Å². The number of nitrogens with one attached hydrogen (secondary N) is 1. The number of carbonyl (C=O) groups excluding carboxylic acids is 2. The predicted molar refractivity (Wildman–Crippen MR) is 102 cm³/mol. The number of ether oxygens (including phenoxy) is 4. The largest absolute Gasteiger partial charge is 0.463 e. The molecule has 1 aliphatic heterocycles. The van der Waals surface area contributed by atoms with Crippen LogP contribution in [0.5, 0.6) is 0 Å². The standard InChI is InChI=1S/C17H23BrN2O9/c1-4-26-11(5-18)10-6-20(17(25)19-15(10)24)16-13(23)14(28-9(3)22)12(29-16)7-27-8(2)21/h6,11-14,16,23H,4-5,7H2,1-3H3,(H,19,24,25)/t11?,12-,13-,14-,16-/m1/s1. The molecule has 0 bridgehead atoms. The van der Waals surface area contributed by atoms with Crippen LogP contribution in [0.1, 0.15) is 38.7 Å². The van der Waals surface area contributed by atoms with Gasteiger partial charge in [0.15, 0.2) is 12.3 Å². The number of aromatic nitrogens is 2. The highest BCUT2D eigenvalue weighted by atomic mass is 79.9. The van der Waals surface area contributed by atoms with Gasteiger partial charge in [0.25, 0.3) is 5.56 Å². The number of esters is 2. The summed E-state index contributed by atoms with van der Waals surface area (Å²) in [4.78, 5) is 49.3. The van der Waals surface area contributed by atoms with E-state index in [1.165, 1.54) is 13.1 Å². The maximum atomic E-state index is 12.4. The van der Waals surface area contributed by atoms with Gasteiger partial charge in [0, 0.05) is 32.0 Å². The van der Waals surface area contributed by atoms with Crippen molar-refractivity contribution in [2.24, 2.45) is 0 Å². The number of rotatable bonds is 8. The van der Waals surface area contributed by atoms with E-state index in [0.717, 1.165) is 11.5 Å². The summed E-state index contributed by atoms with van der Waals surface area (Å²) < 4.78 is 22.1. The average molecular weight is 479 g/mol. The number of aliphatic hydroxyl groups is 1. The van der Waals surface area contributed by atoms with Gasteiger partial charge in [-0.1, -0.05) is 15.9 Å². The Morgan fingerprint density at radius 2 is 2.03 bits per heavy atom. The molecular weight excluding hydrogens is 456 g/mol. The molecule has 0 amide bonds. The van der Waals surface area contributed by atoms with Gasteiger partial charge in [-0.3, -0.25) is 23.9 Å². The van der Waals surface area contributed by atoms with Crippen LogP contribution in [0.15, 0.2) is 15.8 Å². The maximum absolute atomic E-state index is 12.4. The predicted octanol–water partition coefficient (Wildman–Crippen LogP) is -0.238. The molecule has 0 radical (unpaired) electrons. The highest BCUT2D eigenvalue weighted by Gasteiger charge is 2.48. The van der Waals surface area contributed by atoms with Crippen molar-refractivity contribution in [3.8, 4) is 0 Å². The molecule has 1 aromatic rings. The van der Waals surface area contributed by atoms with Crippen LogP contribution >= 0.6 is 15.9 Å². The zero-order chi connectivity index (χ0) is 21.7. The quantitative estimate of drug-likeness (QED) is 0.381. The van der Waals surface area contributed by atoms with Crippen LogP contribution in [0, 0.1) is 0 Å². The summed E-state index contributed by atoms with van der Waals surface area (Å²) in [5.41, 5.74) is -1.32. The van der Waals surface area contributed by atoms with Crippen molar-refractivity contribution in [3.63, 3.8) is 0 Å². The van der Waals surface area contributed by atoms with Crippen LogP contribution in [-0.2, 0) is 28.5 Å². The molecular formula is C17H23BrN2O9. The SMILES string of the molecule is CCOC(CBr)c1cn([C@@H]2O[C@H](COC(C)=O)[C@@H](OC(C)=O)[C@H]2O)c(=O)[nH]c1=O. The first-order valence-electron chi connectivity index (χ1n) is 8.86. The van der Waals surface area contributed by atoms with Gasteiger partial charge in [-0.05, 0) is 6.92 Å². The molecule has 0 saturated carbocycles. The average Bonchev–Trinajstić information content (AvgIpc) is 2.94. The van der Waals surface area contributed by atoms with Crippen molar-refractivity contribution in [2.75, 3.05) is 18.5 Å². The normalized spacial score (nSPS) is 24.9. The second-order valence-corrected chi connectivity index (χ2v) is 6.93. The Balaban J connectivity index is 2.41. The highest BCUT2D eigenvalue weighted by molar-refractivity contribution is 9.09. The molecule has 2 rings (SSSR count). The van der Waals surface area contributed by atoms with E-state index >= 15 is 0 Å². The second-order valence-electron chi connectivity index (χ2n) is 6.28. The number of hydrogen-bond donors (Lipinski definition) is 2. The lowest BCUT2D eigenvalue weighted by molar-refractivity contribution is -0.157. The molecule has 1 fully saturated rings. The highest BCUT2D eigenvalue weighted by Crippen LogP contribution is 2.31. The smallest absolute Gasteiger partial charge is 0.330 e. The Bertz CT molecular complexity index is 852. The third-order valence-electron chi connectivity index (χ3n) is 4.19. The molecule has 0 aliphatic carbocycles. The number of carbonyl (C=O) groups is 2. The van der Waals surface area contributed by atoms with E-state index in [0.29, 0.717) is 11.9 Å². The van der Waals surface area contributed by atoms with Gasteiger partial charge < -0.3 is 24.1 Å². The molecule has 1 saturated heterocycles. The fourth-order valence-corrected chi connectivity index (χ4v) is 3.49. The fraction of sp³-hybridized carbons (Fsp3) is 0.647. The van der Waals surface area contributed by atoms with Gasteiger partial charge in [0.1, 0.15) is 18.8 Å². The van der Waals surface area contributed by atoms with Crippen molar-refractivity contribution in [1.82, 2.24) is 9.55 Å². The summed E-state index contributed by atoms with van der Waals surface area (Å²) in [5, 5.41) is 10.9. The zero-order valence-electron chi connectivity index (χ0n) is 16.1. The number of halogens is 1. The van der Waals surface area contributed by atoms with Crippen LogP contribution in [0.4, 0.5) is 0 Å². The molecule has 1 aromatic heterocycles. The fourth-order valence-electron chi connectivity index (χ4n) is 2.96. The van der Waals surface area contributed by atoms with E-state index in [9.17, 15) is 24.3 Å². The van der Waals surface area contributed by atoms with Gasteiger partial charge in [-0.25, -0.2) is 4.79 Å². The Morgan fingerprint density at radius 3 is 2.59 bits per heavy atom. The van der Waals surface area contributed by atoms with Crippen molar-refractivity contribution in [3.05, 3.63) is 32.6 Å². The summed E-state index contributed by atoms with van der Waals surface area (Å²) in [6, 6.07) is 0. The molecule has 0 aromatic carbocycles. The van der Waals surface area contributed by atoms with Crippen molar-refractivity contribution in [1.29, 1.82) is 0 Å². The van der Waals surface area contributed by atoms with Crippen LogP contribution in [0.2, 0.25) is 0 Å². The molecule has 2 N–H and O–H groups in total.